The number of aromatic amines is 1. The van der Waals surface area contributed by atoms with Gasteiger partial charge in [0.1, 0.15) is 0 Å². The van der Waals surface area contributed by atoms with Gasteiger partial charge in [-0.05, 0) is 25.8 Å². The maximum Gasteiger partial charge on any atom is 0.0925 e. The lowest BCUT2D eigenvalue weighted by atomic mass is 10.0. The first kappa shape index (κ1) is 13.1. The fraction of sp³-hybridized carbons (Fsp3) is 0.800. The maximum absolute atomic E-state index is 4.44. The molecule has 2 aliphatic rings. The van der Waals surface area contributed by atoms with Crippen molar-refractivity contribution in [1.29, 1.82) is 0 Å². The molecule has 106 valence electrons. The molecule has 0 bridgehead atoms. The third-order valence-corrected chi connectivity index (χ3v) is 4.74. The standard InChI is InChI=1S/C15H26N4/c1-2-13-6-4-3-5-7-19(13)10-12-8-14-15(9-16-12)18-11-17-14/h11-13,16H,2-10H2,1H3,(H,17,18). The van der Waals surface area contributed by atoms with Gasteiger partial charge in [-0.25, -0.2) is 4.98 Å². The number of fused-ring (bicyclic) bond motifs is 1. The Morgan fingerprint density at radius 3 is 3.21 bits per heavy atom. The van der Waals surface area contributed by atoms with Crippen molar-refractivity contribution >= 4 is 0 Å². The van der Waals surface area contributed by atoms with Crippen molar-refractivity contribution in [1.82, 2.24) is 20.2 Å². The summed E-state index contributed by atoms with van der Waals surface area (Å²) in [5, 5.41) is 3.66. The van der Waals surface area contributed by atoms with E-state index in [0.717, 1.165) is 19.0 Å². The van der Waals surface area contributed by atoms with Crippen LogP contribution in [-0.4, -0.2) is 40.0 Å². The normalized spacial score (nSPS) is 28.9. The summed E-state index contributed by atoms with van der Waals surface area (Å²) in [6.07, 6.45) is 9.78. The summed E-state index contributed by atoms with van der Waals surface area (Å²) < 4.78 is 0. The van der Waals surface area contributed by atoms with E-state index in [4.69, 9.17) is 0 Å². The Bertz CT molecular complexity index is 401. The highest BCUT2D eigenvalue weighted by Gasteiger charge is 2.25. The largest absolute Gasteiger partial charge is 0.347 e. The van der Waals surface area contributed by atoms with Crippen LogP contribution in [-0.2, 0) is 13.0 Å². The second-order valence-corrected chi connectivity index (χ2v) is 6.02. The van der Waals surface area contributed by atoms with E-state index in [1.807, 2.05) is 6.33 Å². The van der Waals surface area contributed by atoms with Gasteiger partial charge in [0.2, 0.25) is 0 Å². The molecule has 4 nitrogen and oxygen atoms in total. The molecule has 4 heteroatoms. The maximum atomic E-state index is 4.44. The van der Waals surface area contributed by atoms with Gasteiger partial charge in [-0.15, -0.1) is 0 Å². The van der Waals surface area contributed by atoms with Gasteiger partial charge in [-0.1, -0.05) is 19.8 Å². The molecule has 0 radical (unpaired) electrons. The number of likely N-dealkylation sites (tertiary alicyclic amines) is 1. The molecule has 3 rings (SSSR count). The Kier molecular flexibility index (Phi) is 4.18. The van der Waals surface area contributed by atoms with E-state index in [2.05, 4.69) is 27.1 Å². The van der Waals surface area contributed by atoms with Crippen LogP contribution in [0.1, 0.15) is 50.4 Å². The zero-order valence-electron chi connectivity index (χ0n) is 12.0. The summed E-state index contributed by atoms with van der Waals surface area (Å²) >= 11 is 0. The Morgan fingerprint density at radius 2 is 2.32 bits per heavy atom. The van der Waals surface area contributed by atoms with Gasteiger partial charge in [-0.3, -0.25) is 4.90 Å². The van der Waals surface area contributed by atoms with Gasteiger partial charge in [0.25, 0.3) is 0 Å². The van der Waals surface area contributed by atoms with Crippen molar-refractivity contribution in [3.63, 3.8) is 0 Å². The Hall–Kier alpha value is -0.870. The summed E-state index contributed by atoms with van der Waals surface area (Å²) in [6.45, 7) is 5.75. The lowest BCUT2D eigenvalue weighted by Crippen LogP contribution is -2.47. The molecule has 0 amide bonds. The molecule has 19 heavy (non-hydrogen) atoms. The second-order valence-electron chi connectivity index (χ2n) is 6.02. The van der Waals surface area contributed by atoms with Crippen molar-refractivity contribution in [2.45, 2.75) is 64.1 Å². The first-order valence-corrected chi connectivity index (χ1v) is 7.85. The van der Waals surface area contributed by atoms with Crippen molar-refractivity contribution in [3.05, 3.63) is 17.7 Å². The minimum atomic E-state index is 0.572. The molecule has 0 spiro atoms. The van der Waals surface area contributed by atoms with E-state index in [-0.39, 0.29) is 0 Å². The summed E-state index contributed by atoms with van der Waals surface area (Å²) in [5.74, 6) is 0. The molecule has 2 aliphatic heterocycles. The number of hydrogen-bond donors (Lipinski definition) is 2. The molecule has 1 aromatic heterocycles. The van der Waals surface area contributed by atoms with Crippen LogP contribution in [0.15, 0.2) is 6.33 Å². The SMILES string of the molecule is CCC1CCCCCN1CC1Cc2nc[nH]c2CN1. The molecule has 0 aromatic carbocycles. The average molecular weight is 262 g/mol. The smallest absolute Gasteiger partial charge is 0.0925 e. The molecule has 2 atom stereocenters. The van der Waals surface area contributed by atoms with Crippen LogP contribution in [0.25, 0.3) is 0 Å². The second kappa shape index (κ2) is 6.06. The summed E-state index contributed by atoms with van der Waals surface area (Å²) in [6, 6.07) is 1.37. The molecule has 0 saturated carbocycles. The van der Waals surface area contributed by atoms with Gasteiger partial charge < -0.3 is 10.3 Å². The van der Waals surface area contributed by atoms with E-state index in [9.17, 15) is 0 Å². The highest BCUT2D eigenvalue weighted by Crippen LogP contribution is 2.21. The van der Waals surface area contributed by atoms with Crippen molar-refractivity contribution < 1.29 is 0 Å². The van der Waals surface area contributed by atoms with Crippen LogP contribution in [0.3, 0.4) is 0 Å². The molecule has 1 aromatic rings. The van der Waals surface area contributed by atoms with E-state index >= 15 is 0 Å². The average Bonchev–Trinajstić information content (AvgIpc) is 2.78. The molecular weight excluding hydrogens is 236 g/mol. The Balaban J connectivity index is 1.61. The first-order chi connectivity index (χ1) is 9.36. The number of H-pyrrole nitrogens is 1. The minimum absolute atomic E-state index is 0.572. The Morgan fingerprint density at radius 1 is 1.37 bits per heavy atom. The molecule has 1 fully saturated rings. The van der Waals surface area contributed by atoms with Gasteiger partial charge in [0.15, 0.2) is 0 Å². The number of imidazole rings is 1. The number of rotatable bonds is 3. The topological polar surface area (TPSA) is 44.0 Å². The highest BCUT2D eigenvalue weighted by molar-refractivity contribution is 5.16. The summed E-state index contributed by atoms with van der Waals surface area (Å²) in [7, 11) is 0. The molecule has 1 saturated heterocycles. The number of nitrogens with zero attached hydrogens (tertiary/aromatic N) is 2. The lowest BCUT2D eigenvalue weighted by Gasteiger charge is -2.34. The zero-order chi connectivity index (χ0) is 13.1. The van der Waals surface area contributed by atoms with Crippen LogP contribution in [0.4, 0.5) is 0 Å². The molecule has 2 unspecified atom stereocenters. The van der Waals surface area contributed by atoms with E-state index < -0.39 is 0 Å². The van der Waals surface area contributed by atoms with Crippen LogP contribution in [0.5, 0.6) is 0 Å². The van der Waals surface area contributed by atoms with Crippen molar-refractivity contribution in [3.8, 4) is 0 Å². The first-order valence-electron chi connectivity index (χ1n) is 7.85. The monoisotopic (exact) mass is 262 g/mol. The summed E-state index contributed by atoms with van der Waals surface area (Å²) in [5.41, 5.74) is 2.55. The molecule has 2 N–H and O–H groups in total. The van der Waals surface area contributed by atoms with E-state index in [1.165, 1.54) is 56.6 Å². The minimum Gasteiger partial charge on any atom is -0.347 e. The highest BCUT2D eigenvalue weighted by atomic mass is 15.2. The number of aromatic nitrogens is 2. The van der Waals surface area contributed by atoms with Gasteiger partial charge in [0, 0.05) is 31.6 Å². The number of nitrogens with one attached hydrogen (secondary N) is 2. The summed E-state index contributed by atoms with van der Waals surface area (Å²) in [4.78, 5) is 10.4. The van der Waals surface area contributed by atoms with Crippen LogP contribution in [0, 0.1) is 0 Å². The fourth-order valence-corrected chi connectivity index (χ4v) is 3.58. The van der Waals surface area contributed by atoms with Crippen molar-refractivity contribution in [2.75, 3.05) is 13.1 Å². The third-order valence-electron chi connectivity index (χ3n) is 4.74. The van der Waals surface area contributed by atoms with E-state index in [0.29, 0.717) is 6.04 Å². The van der Waals surface area contributed by atoms with Gasteiger partial charge >= 0.3 is 0 Å². The van der Waals surface area contributed by atoms with Gasteiger partial charge in [-0.2, -0.15) is 0 Å². The zero-order valence-corrected chi connectivity index (χ0v) is 12.0. The predicted molar refractivity (Wildman–Crippen MR) is 77.0 cm³/mol. The molecule has 3 heterocycles. The lowest BCUT2D eigenvalue weighted by molar-refractivity contribution is 0.170. The van der Waals surface area contributed by atoms with Crippen LogP contribution >= 0.6 is 0 Å². The van der Waals surface area contributed by atoms with E-state index in [1.54, 1.807) is 0 Å². The van der Waals surface area contributed by atoms with Crippen molar-refractivity contribution in [2.24, 2.45) is 0 Å². The Labute approximate surface area is 116 Å². The fourth-order valence-electron chi connectivity index (χ4n) is 3.58. The quantitative estimate of drug-likeness (QED) is 0.876. The van der Waals surface area contributed by atoms with Crippen LogP contribution < -0.4 is 5.32 Å². The van der Waals surface area contributed by atoms with Crippen LogP contribution in [0.2, 0.25) is 0 Å². The molecule has 0 aliphatic carbocycles. The van der Waals surface area contributed by atoms with Gasteiger partial charge in [0.05, 0.1) is 17.7 Å². The molecular formula is C15H26N4. The number of hydrogen-bond acceptors (Lipinski definition) is 3. The third kappa shape index (κ3) is 3.00. The predicted octanol–water partition coefficient (Wildman–Crippen LogP) is 2.08.